The number of aryl methyl sites for hydroxylation is 1. The molecule has 0 unspecified atom stereocenters. The predicted molar refractivity (Wildman–Crippen MR) is 89.5 cm³/mol. The van der Waals surface area contributed by atoms with Crippen LogP contribution in [0.3, 0.4) is 0 Å². The molecule has 24 heavy (non-hydrogen) atoms. The monoisotopic (exact) mass is 331 g/mol. The van der Waals surface area contributed by atoms with Crippen LogP contribution in [0.15, 0.2) is 35.4 Å². The number of para-hydroxylation sites is 1. The zero-order valence-corrected chi connectivity index (χ0v) is 14.0. The minimum atomic E-state index is -0.591. The second-order valence-corrected chi connectivity index (χ2v) is 6.37. The SMILES string of the molecule is CC(C)(C)OC(=O)CNC(=O)CCn1cnc2ccccc2c1=O. The number of rotatable bonds is 5. The molecule has 1 aromatic heterocycles. The zero-order valence-electron chi connectivity index (χ0n) is 14.0. The Bertz CT molecular complexity index is 805. The fraction of sp³-hybridized carbons (Fsp3) is 0.412. The fourth-order valence-electron chi connectivity index (χ4n) is 2.12. The summed E-state index contributed by atoms with van der Waals surface area (Å²) in [6, 6.07) is 7.03. The van der Waals surface area contributed by atoms with Crippen LogP contribution in [0.5, 0.6) is 0 Å². The third kappa shape index (κ3) is 4.91. The number of nitrogens with zero attached hydrogens (tertiary/aromatic N) is 2. The Morgan fingerprint density at radius 3 is 2.67 bits per heavy atom. The molecule has 2 rings (SSSR count). The Morgan fingerprint density at radius 1 is 1.25 bits per heavy atom. The van der Waals surface area contributed by atoms with Crippen molar-refractivity contribution in [2.45, 2.75) is 39.3 Å². The molecule has 0 aliphatic carbocycles. The van der Waals surface area contributed by atoms with Crippen molar-refractivity contribution in [2.75, 3.05) is 6.54 Å². The van der Waals surface area contributed by atoms with E-state index in [1.165, 1.54) is 10.9 Å². The number of esters is 1. The largest absolute Gasteiger partial charge is 0.459 e. The molecule has 7 nitrogen and oxygen atoms in total. The molecule has 2 aromatic rings. The van der Waals surface area contributed by atoms with E-state index in [0.717, 1.165) is 0 Å². The van der Waals surface area contributed by atoms with Crippen molar-refractivity contribution in [3.8, 4) is 0 Å². The van der Waals surface area contributed by atoms with Crippen molar-refractivity contribution >= 4 is 22.8 Å². The first-order chi connectivity index (χ1) is 11.3. The smallest absolute Gasteiger partial charge is 0.325 e. The lowest BCUT2D eigenvalue weighted by molar-refractivity contribution is -0.154. The average molecular weight is 331 g/mol. The lowest BCUT2D eigenvalue weighted by atomic mass is 10.2. The molecule has 0 atom stereocenters. The van der Waals surface area contributed by atoms with E-state index < -0.39 is 11.6 Å². The summed E-state index contributed by atoms with van der Waals surface area (Å²) in [5, 5.41) is 2.99. The average Bonchev–Trinajstić information content (AvgIpc) is 2.51. The number of carbonyl (C=O) groups excluding carboxylic acids is 2. The maximum atomic E-state index is 12.3. The lowest BCUT2D eigenvalue weighted by Crippen LogP contribution is -2.35. The van der Waals surface area contributed by atoms with Gasteiger partial charge in [0.15, 0.2) is 0 Å². The number of benzene rings is 1. The van der Waals surface area contributed by atoms with Crippen LogP contribution in [0.1, 0.15) is 27.2 Å². The van der Waals surface area contributed by atoms with Gasteiger partial charge in [0.25, 0.3) is 5.56 Å². The summed E-state index contributed by atoms with van der Waals surface area (Å²) < 4.78 is 6.48. The van der Waals surface area contributed by atoms with Crippen molar-refractivity contribution < 1.29 is 14.3 Å². The first-order valence-electron chi connectivity index (χ1n) is 7.69. The normalized spacial score (nSPS) is 11.3. The van der Waals surface area contributed by atoms with Crippen LogP contribution in [0.4, 0.5) is 0 Å². The van der Waals surface area contributed by atoms with Gasteiger partial charge in [-0.3, -0.25) is 19.0 Å². The van der Waals surface area contributed by atoms with E-state index >= 15 is 0 Å². The van der Waals surface area contributed by atoms with Crippen LogP contribution in [0, 0.1) is 0 Å². The molecular formula is C17H21N3O4. The second-order valence-electron chi connectivity index (χ2n) is 6.37. The molecule has 1 heterocycles. The molecule has 0 radical (unpaired) electrons. The van der Waals surface area contributed by atoms with Gasteiger partial charge in [0.1, 0.15) is 12.1 Å². The van der Waals surface area contributed by atoms with Crippen LogP contribution >= 0.6 is 0 Å². The minimum Gasteiger partial charge on any atom is -0.459 e. The van der Waals surface area contributed by atoms with Crippen molar-refractivity contribution in [1.82, 2.24) is 14.9 Å². The Labute approximate surface area is 139 Å². The summed E-state index contributed by atoms with van der Waals surface area (Å²) in [4.78, 5) is 39.8. The number of hydrogen-bond acceptors (Lipinski definition) is 5. The number of aromatic nitrogens is 2. The van der Waals surface area contributed by atoms with Gasteiger partial charge in [-0.05, 0) is 32.9 Å². The van der Waals surface area contributed by atoms with Gasteiger partial charge < -0.3 is 10.1 Å². The number of nitrogens with one attached hydrogen (secondary N) is 1. The second kappa shape index (κ2) is 7.25. The summed E-state index contributed by atoms with van der Waals surface area (Å²) in [6.45, 7) is 5.27. The number of ether oxygens (including phenoxy) is 1. The van der Waals surface area contributed by atoms with E-state index in [0.29, 0.717) is 10.9 Å². The standard InChI is InChI=1S/C17H21N3O4/c1-17(2,3)24-15(22)10-18-14(21)8-9-20-11-19-13-7-5-4-6-12(13)16(20)23/h4-7,11H,8-10H2,1-3H3,(H,18,21). The highest BCUT2D eigenvalue weighted by molar-refractivity contribution is 5.82. The number of amides is 1. The summed E-state index contributed by atoms with van der Waals surface area (Å²) in [6.07, 6.45) is 1.49. The quantitative estimate of drug-likeness (QED) is 0.833. The maximum Gasteiger partial charge on any atom is 0.325 e. The molecule has 0 aliphatic heterocycles. The highest BCUT2D eigenvalue weighted by Crippen LogP contribution is 2.06. The third-order valence-electron chi connectivity index (χ3n) is 3.16. The fourth-order valence-corrected chi connectivity index (χ4v) is 2.12. The Hall–Kier alpha value is -2.70. The molecule has 0 bridgehead atoms. The molecule has 0 spiro atoms. The third-order valence-corrected chi connectivity index (χ3v) is 3.16. The van der Waals surface area contributed by atoms with E-state index in [4.69, 9.17) is 4.74 Å². The van der Waals surface area contributed by atoms with Crippen LogP contribution in [0.2, 0.25) is 0 Å². The Balaban J connectivity index is 1.89. The van der Waals surface area contributed by atoms with Crippen LogP contribution < -0.4 is 10.9 Å². The molecular weight excluding hydrogens is 310 g/mol. The van der Waals surface area contributed by atoms with Crippen LogP contribution in [0.25, 0.3) is 10.9 Å². The summed E-state index contributed by atoms with van der Waals surface area (Å²) >= 11 is 0. The van der Waals surface area contributed by atoms with E-state index in [1.54, 1.807) is 39.0 Å². The van der Waals surface area contributed by atoms with Crippen molar-refractivity contribution in [3.05, 3.63) is 40.9 Å². The molecule has 0 fully saturated rings. The number of hydrogen-bond donors (Lipinski definition) is 1. The molecule has 1 N–H and O–H groups in total. The van der Waals surface area contributed by atoms with Gasteiger partial charge >= 0.3 is 5.97 Å². The number of carbonyl (C=O) groups is 2. The topological polar surface area (TPSA) is 90.3 Å². The molecule has 0 aliphatic rings. The maximum absolute atomic E-state index is 12.3. The Kier molecular flexibility index (Phi) is 5.33. The van der Waals surface area contributed by atoms with E-state index in [9.17, 15) is 14.4 Å². The molecule has 0 saturated heterocycles. The van der Waals surface area contributed by atoms with Gasteiger partial charge in [-0.25, -0.2) is 4.98 Å². The number of fused-ring (bicyclic) bond motifs is 1. The molecule has 7 heteroatoms. The van der Waals surface area contributed by atoms with Gasteiger partial charge in [0, 0.05) is 13.0 Å². The minimum absolute atomic E-state index is 0.0721. The highest BCUT2D eigenvalue weighted by Gasteiger charge is 2.16. The first kappa shape index (κ1) is 17.7. The zero-order chi connectivity index (χ0) is 17.7. The summed E-state index contributed by atoms with van der Waals surface area (Å²) in [5.74, 6) is -0.832. The van der Waals surface area contributed by atoms with Gasteiger partial charge in [-0.1, -0.05) is 12.1 Å². The lowest BCUT2D eigenvalue weighted by Gasteiger charge is -2.19. The van der Waals surface area contributed by atoms with Crippen LogP contribution in [-0.4, -0.2) is 33.6 Å². The van der Waals surface area contributed by atoms with Gasteiger partial charge in [-0.2, -0.15) is 0 Å². The van der Waals surface area contributed by atoms with Crippen molar-refractivity contribution in [2.24, 2.45) is 0 Å². The molecule has 1 aromatic carbocycles. The first-order valence-corrected chi connectivity index (χ1v) is 7.69. The van der Waals surface area contributed by atoms with Gasteiger partial charge in [0.05, 0.1) is 17.2 Å². The van der Waals surface area contributed by atoms with E-state index in [1.807, 2.05) is 6.07 Å². The van der Waals surface area contributed by atoms with Gasteiger partial charge in [0.2, 0.25) is 5.91 Å². The van der Waals surface area contributed by atoms with Crippen molar-refractivity contribution in [1.29, 1.82) is 0 Å². The van der Waals surface area contributed by atoms with E-state index in [2.05, 4.69) is 10.3 Å². The summed E-state index contributed by atoms with van der Waals surface area (Å²) in [5.41, 5.74) is -0.167. The molecule has 0 saturated carbocycles. The molecule has 128 valence electrons. The van der Waals surface area contributed by atoms with Crippen LogP contribution in [-0.2, 0) is 20.9 Å². The Morgan fingerprint density at radius 2 is 1.96 bits per heavy atom. The van der Waals surface area contributed by atoms with Gasteiger partial charge in [-0.15, -0.1) is 0 Å². The van der Waals surface area contributed by atoms with E-state index in [-0.39, 0.29) is 31.0 Å². The summed E-state index contributed by atoms with van der Waals surface area (Å²) in [7, 11) is 0. The molecule has 1 amide bonds. The predicted octanol–water partition coefficient (Wildman–Crippen LogP) is 1.24. The van der Waals surface area contributed by atoms with Crippen molar-refractivity contribution in [3.63, 3.8) is 0 Å². The highest BCUT2D eigenvalue weighted by atomic mass is 16.6.